The molecule has 0 fully saturated rings. The summed E-state index contributed by atoms with van der Waals surface area (Å²) in [5.41, 5.74) is -0.781. The smallest absolute Gasteiger partial charge is 0.370 e. The van der Waals surface area contributed by atoms with Crippen LogP contribution in [0.25, 0.3) is 0 Å². The maximum Gasteiger partial charge on any atom is 0.419 e. The number of nitrogens with zero attached hydrogens (tertiary/aromatic N) is 1. The third-order valence-electron chi connectivity index (χ3n) is 1.76. The van der Waals surface area contributed by atoms with Crippen molar-refractivity contribution in [2.24, 2.45) is 0 Å². The van der Waals surface area contributed by atoms with Crippen LogP contribution in [-0.2, 0) is 6.18 Å². The summed E-state index contributed by atoms with van der Waals surface area (Å²) < 4.78 is 38.1. The molecule has 2 nitrogen and oxygen atoms in total. The van der Waals surface area contributed by atoms with Crippen molar-refractivity contribution in [3.63, 3.8) is 0 Å². The maximum absolute atomic E-state index is 12.6. The summed E-state index contributed by atoms with van der Waals surface area (Å²) in [6.45, 7) is 0.362. The maximum atomic E-state index is 12.6. The highest BCUT2D eigenvalue weighted by atomic mass is 79.9. The molecule has 1 aromatic heterocycles. The van der Waals surface area contributed by atoms with Crippen molar-refractivity contribution in [3.8, 4) is 0 Å². The van der Waals surface area contributed by atoms with E-state index in [9.17, 15) is 13.2 Å². The Morgan fingerprint density at radius 2 is 2.12 bits per heavy atom. The minimum Gasteiger partial charge on any atom is -0.370 e. The van der Waals surface area contributed by atoms with E-state index in [0.717, 1.165) is 6.07 Å². The molecule has 0 atom stereocenters. The number of anilines is 1. The number of rotatable bonds is 4. The second kappa shape index (κ2) is 5.72. The van der Waals surface area contributed by atoms with Crippen LogP contribution < -0.4 is 5.32 Å². The van der Waals surface area contributed by atoms with Gasteiger partial charge in [-0.1, -0.05) is 0 Å². The Morgan fingerprint density at radius 1 is 1.44 bits per heavy atom. The molecule has 0 aliphatic carbocycles. The lowest BCUT2D eigenvalue weighted by molar-refractivity contribution is -0.137. The third kappa shape index (κ3) is 3.83. The predicted octanol–water partition coefficient (Wildman–Crippen LogP) is 3.90. The van der Waals surface area contributed by atoms with Crippen molar-refractivity contribution in [1.29, 1.82) is 0 Å². The van der Waals surface area contributed by atoms with Crippen LogP contribution in [0, 0.1) is 0 Å². The highest BCUT2D eigenvalue weighted by Crippen LogP contribution is 2.35. The van der Waals surface area contributed by atoms with E-state index in [0.29, 0.717) is 23.3 Å². The Labute approximate surface area is 104 Å². The van der Waals surface area contributed by atoms with Crippen LogP contribution in [0.2, 0.25) is 0 Å². The van der Waals surface area contributed by atoms with Crippen LogP contribution in [0.1, 0.15) is 12.0 Å². The van der Waals surface area contributed by atoms with Gasteiger partial charge < -0.3 is 5.32 Å². The molecule has 1 heterocycles. The molecular weight excluding hydrogens is 308 g/mol. The third-order valence-corrected chi connectivity index (χ3v) is 2.46. The summed E-state index contributed by atoms with van der Waals surface area (Å²) in [4.78, 5) is 3.70. The highest BCUT2D eigenvalue weighted by molar-refractivity contribution is 9.10. The Kier molecular flexibility index (Phi) is 4.86. The lowest BCUT2D eigenvalue weighted by Gasteiger charge is -2.13. The van der Waals surface area contributed by atoms with Crippen LogP contribution in [0.15, 0.2) is 16.7 Å². The number of aromatic nitrogens is 1. The fourth-order valence-electron chi connectivity index (χ4n) is 1.07. The number of pyridine rings is 1. The van der Waals surface area contributed by atoms with Crippen molar-refractivity contribution in [3.05, 3.63) is 22.3 Å². The Hall–Kier alpha value is -0.490. The van der Waals surface area contributed by atoms with Gasteiger partial charge in [0.15, 0.2) is 0 Å². The van der Waals surface area contributed by atoms with Crippen LogP contribution in [-0.4, -0.2) is 17.4 Å². The van der Waals surface area contributed by atoms with Gasteiger partial charge in [0.2, 0.25) is 0 Å². The van der Waals surface area contributed by atoms with Gasteiger partial charge in [0.05, 0.1) is 5.56 Å². The van der Waals surface area contributed by atoms with E-state index in [2.05, 4.69) is 26.2 Å². The molecule has 0 spiro atoms. The SMILES string of the molecule is FC(F)(F)c1cc(Br)cnc1NCCCCl. The molecule has 0 saturated carbocycles. The first-order chi connectivity index (χ1) is 7.45. The van der Waals surface area contributed by atoms with E-state index < -0.39 is 11.7 Å². The zero-order valence-electron chi connectivity index (χ0n) is 8.11. The molecule has 16 heavy (non-hydrogen) atoms. The molecule has 90 valence electrons. The molecule has 0 saturated heterocycles. The standard InChI is InChI=1S/C9H9BrClF3N2/c10-6-4-7(9(12,13)14)8(16-5-6)15-3-1-2-11/h4-5H,1-3H2,(H,15,16). The zero-order chi connectivity index (χ0) is 12.2. The summed E-state index contributed by atoms with van der Waals surface area (Å²) in [7, 11) is 0. The van der Waals surface area contributed by atoms with Crippen molar-refractivity contribution < 1.29 is 13.2 Å². The first kappa shape index (κ1) is 13.6. The van der Waals surface area contributed by atoms with E-state index in [1.54, 1.807) is 0 Å². The topological polar surface area (TPSA) is 24.9 Å². The Balaban J connectivity index is 2.90. The van der Waals surface area contributed by atoms with Gasteiger partial charge in [-0.25, -0.2) is 4.98 Å². The molecule has 0 amide bonds. The highest BCUT2D eigenvalue weighted by Gasteiger charge is 2.34. The summed E-state index contributed by atoms with van der Waals surface area (Å²) in [6, 6.07) is 0.996. The van der Waals surface area contributed by atoms with Crippen LogP contribution >= 0.6 is 27.5 Å². The van der Waals surface area contributed by atoms with Gasteiger partial charge in [-0.3, -0.25) is 0 Å². The van der Waals surface area contributed by atoms with Gasteiger partial charge >= 0.3 is 6.18 Å². The van der Waals surface area contributed by atoms with Crippen molar-refractivity contribution >= 4 is 33.3 Å². The van der Waals surface area contributed by atoms with E-state index in [-0.39, 0.29) is 5.82 Å². The number of hydrogen-bond acceptors (Lipinski definition) is 2. The summed E-state index contributed by atoms with van der Waals surface area (Å²) in [5.74, 6) is 0.228. The Bertz CT molecular complexity index is 357. The second-order valence-corrected chi connectivity index (χ2v) is 4.31. The molecule has 7 heteroatoms. The van der Waals surface area contributed by atoms with E-state index in [1.165, 1.54) is 6.20 Å². The van der Waals surface area contributed by atoms with E-state index in [1.807, 2.05) is 0 Å². The molecule has 0 bridgehead atoms. The van der Waals surface area contributed by atoms with Crippen molar-refractivity contribution in [1.82, 2.24) is 4.98 Å². The number of nitrogens with one attached hydrogen (secondary N) is 1. The van der Waals surface area contributed by atoms with Gasteiger partial charge in [0, 0.05) is 23.1 Å². The first-order valence-corrected chi connectivity index (χ1v) is 5.80. The van der Waals surface area contributed by atoms with E-state index in [4.69, 9.17) is 11.6 Å². The lowest BCUT2D eigenvalue weighted by atomic mass is 10.2. The van der Waals surface area contributed by atoms with Crippen LogP contribution in [0.4, 0.5) is 19.0 Å². The van der Waals surface area contributed by atoms with Crippen molar-refractivity contribution in [2.45, 2.75) is 12.6 Å². The first-order valence-electron chi connectivity index (χ1n) is 4.47. The number of hydrogen-bond donors (Lipinski definition) is 1. The quantitative estimate of drug-likeness (QED) is 0.673. The van der Waals surface area contributed by atoms with Gasteiger partial charge in [0.1, 0.15) is 5.82 Å². The minimum atomic E-state index is -4.42. The van der Waals surface area contributed by atoms with Crippen LogP contribution in [0.3, 0.4) is 0 Å². The van der Waals surface area contributed by atoms with E-state index >= 15 is 0 Å². The second-order valence-electron chi connectivity index (χ2n) is 3.02. The minimum absolute atomic E-state index is 0.166. The molecule has 1 N–H and O–H groups in total. The van der Waals surface area contributed by atoms with Gasteiger partial charge in [-0.05, 0) is 28.4 Å². The lowest BCUT2D eigenvalue weighted by Crippen LogP contribution is -2.13. The molecular formula is C9H9BrClF3N2. The number of alkyl halides is 4. The zero-order valence-corrected chi connectivity index (χ0v) is 10.5. The van der Waals surface area contributed by atoms with Gasteiger partial charge in [-0.2, -0.15) is 13.2 Å². The summed E-state index contributed by atoms with van der Waals surface area (Å²) >= 11 is 8.39. The average molecular weight is 318 g/mol. The molecule has 0 radical (unpaired) electrons. The predicted molar refractivity (Wildman–Crippen MR) is 60.8 cm³/mol. The molecule has 0 aromatic carbocycles. The molecule has 1 aromatic rings. The summed E-state index contributed by atoms with van der Waals surface area (Å²) in [6.07, 6.45) is -2.52. The monoisotopic (exact) mass is 316 g/mol. The normalized spacial score (nSPS) is 11.6. The summed E-state index contributed by atoms with van der Waals surface area (Å²) in [5, 5.41) is 2.61. The van der Waals surface area contributed by atoms with Crippen molar-refractivity contribution in [2.75, 3.05) is 17.7 Å². The fraction of sp³-hybridized carbons (Fsp3) is 0.444. The molecule has 0 aliphatic rings. The largest absolute Gasteiger partial charge is 0.419 e. The fourth-order valence-corrected chi connectivity index (χ4v) is 1.53. The Morgan fingerprint density at radius 3 is 2.69 bits per heavy atom. The van der Waals surface area contributed by atoms with Crippen LogP contribution in [0.5, 0.6) is 0 Å². The molecule has 0 aliphatic heterocycles. The number of halogens is 5. The van der Waals surface area contributed by atoms with Gasteiger partial charge in [0.25, 0.3) is 0 Å². The molecule has 0 unspecified atom stereocenters. The van der Waals surface area contributed by atoms with Gasteiger partial charge in [-0.15, -0.1) is 11.6 Å². The molecule has 1 rings (SSSR count). The average Bonchev–Trinajstić information content (AvgIpc) is 2.19.